The highest BCUT2D eigenvalue weighted by molar-refractivity contribution is 6.03. The highest BCUT2D eigenvalue weighted by Gasteiger charge is 2.29. The lowest BCUT2D eigenvalue weighted by Crippen LogP contribution is -2.12. The van der Waals surface area contributed by atoms with Gasteiger partial charge in [0, 0.05) is 11.3 Å². The number of aromatic nitrogens is 1. The minimum atomic E-state index is -4.36. The summed E-state index contributed by atoms with van der Waals surface area (Å²) in [6.45, 7) is 0. The van der Waals surface area contributed by atoms with Gasteiger partial charge in [0.25, 0.3) is 5.91 Å². The van der Waals surface area contributed by atoms with Gasteiger partial charge in [-0.2, -0.15) is 13.2 Å². The van der Waals surface area contributed by atoms with E-state index in [4.69, 9.17) is 0 Å². The maximum Gasteiger partial charge on any atom is 0.416 e. The molecule has 2 N–H and O–H groups in total. The average molecular weight is 357 g/mol. The molecule has 132 valence electrons. The summed E-state index contributed by atoms with van der Waals surface area (Å²) in [5, 5.41) is 5.62. The minimum Gasteiger partial charge on any atom is -0.354 e. The van der Waals surface area contributed by atoms with E-state index in [9.17, 15) is 18.0 Å². The van der Waals surface area contributed by atoms with E-state index in [0.29, 0.717) is 22.8 Å². The van der Waals surface area contributed by atoms with Gasteiger partial charge in [-0.25, -0.2) is 4.98 Å². The van der Waals surface area contributed by atoms with Crippen LogP contribution in [0.1, 0.15) is 15.9 Å². The van der Waals surface area contributed by atoms with Gasteiger partial charge in [0.15, 0.2) is 0 Å². The third-order valence-electron chi connectivity index (χ3n) is 3.54. The Hall–Kier alpha value is -3.35. The van der Waals surface area contributed by atoms with E-state index in [1.54, 1.807) is 36.4 Å². The molecule has 0 aliphatic carbocycles. The van der Waals surface area contributed by atoms with E-state index in [-0.39, 0.29) is 5.91 Å². The van der Waals surface area contributed by atoms with Crippen LogP contribution in [0, 0.1) is 0 Å². The van der Waals surface area contributed by atoms with Gasteiger partial charge in [-0.15, -0.1) is 0 Å². The van der Waals surface area contributed by atoms with Crippen molar-refractivity contribution in [2.45, 2.75) is 6.18 Å². The fourth-order valence-corrected chi connectivity index (χ4v) is 2.23. The normalized spacial score (nSPS) is 11.0. The number of halogens is 3. The minimum absolute atomic E-state index is 0.276. The Bertz CT molecular complexity index is 877. The second-order valence-corrected chi connectivity index (χ2v) is 5.45. The topological polar surface area (TPSA) is 54.0 Å². The molecular formula is C19H14F3N3O. The van der Waals surface area contributed by atoms with Gasteiger partial charge >= 0.3 is 6.18 Å². The lowest BCUT2D eigenvalue weighted by atomic mass is 10.2. The molecule has 2 aromatic carbocycles. The molecule has 4 nitrogen and oxygen atoms in total. The molecule has 0 aliphatic heterocycles. The number of carbonyl (C=O) groups excluding carboxylic acids is 1. The van der Waals surface area contributed by atoms with Crippen LogP contribution in [0.2, 0.25) is 0 Å². The monoisotopic (exact) mass is 357 g/mol. The van der Waals surface area contributed by atoms with Crippen LogP contribution in [0.4, 0.5) is 30.4 Å². The van der Waals surface area contributed by atoms with Crippen LogP contribution in [0.3, 0.4) is 0 Å². The molecule has 0 atom stereocenters. The quantitative estimate of drug-likeness (QED) is 0.683. The SMILES string of the molecule is O=C(Nc1ccc(Nc2ccc(C(F)(F)F)cc2)cn1)c1ccccc1. The van der Waals surface area contributed by atoms with Gasteiger partial charge in [0.1, 0.15) is 5.82 Å². The molecule has 1 heterocycles. The van der Waals surface area contributed by atoms with E-state index in [0.717, 1.165) is 12.1 Å². The smallest absolute Gasteiger partial charge is 0.354 e. The molecule has 0 bridgehead atoms. The number of hydrogen-bond donors (Lipinski definition) is 2. The molecule has 7 heteroatoms. The zero-order chi connectivity index (χ0) is 18.6. The number of amides is 1. The highest BCUT2D eigenvalue weighted by Crippen LogP contribution is 2.30. The molecule has 1 aromatic heterocycles. The van der Waals surface area contributed by atoms with E-state index in [1.165, 1.54) is 18.3 Å². The fourth-order valence-electron chi connectivity index (χ4n) is 2.23. The summed E-state index contributed by atoms with van der Waals surface area (Å²) in [5.74, 6) is 0.0957. The zero-order valence-electron chi connectivity index (χ0n) is 13.4. The van der Waals surface area contributed by atoms with Gasteiger partial charge in [0.2, 0.25) is 0 Å². The molecule has 0 saturated carbocycles. The van der Waals surface area contributed by atoms with Gasteiger partial charge < -0.3 is 10.6 Å². The van der Waals surface area contributed by atoms with Crippen molar-refractivity contribution in [1.82, 2.24) is 4.98 Å². The van der Waals surface area contributed by atoms with Crippen LogP contribution < -0.4 is 10.6 Å². The molecule has 0 aliphatic rings. The van der Waals surface area contributed by atoms with Gasteiger partial charge in [-0.05, 0) is 48.5 Å². The van der Waals surface area contributed by atoms with Gasteiger partial charge in [-0.1, -0.05) is 18.2 Å². The van der Waals surface area contributed by atoms with Crippen LogP contribution in [0.25, 0.3) is 0 Å². The van der Waals surface area contributed by atoms with Crippen LogP contribution >= 0.6 is 0 Å². The molecule has 26 heavy (non-hydrogen) atoms. The van der Waals surface area contributed by atoms with Crippen molar-refractivity contribution in [3.05, 3.63) is 84.1 Å². The number of hydrogen-bond acceptors (Lipinski definition) is 3. The number of alkyl halides is 3. The highest BCUT2D eigenvalue weighted by atomic mass is 19.4. The maximum atomic E-state index is 12.6. The second kappa shape index (κ2) is 7.26. The van der Waals surface area contributed by atoms with Crippen LogP contribution in [0.15, 0.2) is 72.9 Å². The van der Waals surface area contributed by atoms with Crippen molar-refractivity contribution >= 4 is 23.1 Å². The second-order valence-electron chi connectivity index (χ2n) is 5.45. The largest absolute Gasteiger partial charge is 0.416 e. The third-order valence-corrected chi connectivity index (χ3v) is 3.54. The summed E-state index contributed by atoms with van der Waals surface area (Å²) >= 11 is 0. The Morgan fingerprint density at radius 2 is 1.50 bits per heavy atom. The van der Waals surface area contributed by atoms with Crippen LogP contribution in [-0.4, -0.2) is 10.9 Å². The number of pyridine rings is 1. The first-order valence-electron chi connectivity index (χ1n) is 7.68. The summed E-state index contributed by atoms with van der Waals surface area (Å²) in [4.78, 5) is 16.2. The lowest BCUT2D eigenvalue weighted by molar-refractivity contribution is -0.137. The molecule has 3 aromatic rings. The predicted octanol–water partition coefficient (Wildman–Crippen LogP) is 5.10. The van der Waals surface area contributed by atoms with Gasteiger partial charge in [-0.3, -0.25) is 4.79 Å². The average Bonchev–Trinajstić information content (AvgIpc) is 2.64. The van der Waals surface area contributed by atoms with E-state index in [2.05, 4.69) is 15.6 Å². The molecule has 0 saturated heterocycles. The van der Waals surface area contributed by atoms with E-state index >= 15 is 0 Å². The van der Waals surface area contributed by atoms with Crippen molar-refractivity contribution < 1.29 is 18.0 Å². The summed E-state index contributed by atoms with van der Waals surface area (Å²) in [6, 6.07) is 16.7. The van der Waals surface area contributed by atoms with Crippen LogP contribution in [-0.2, 0) is 6.18 Å². The molecule has 0 radical (unpaired) electrons. The number of anilines is 3. The molecule has 0 fully saturated rings. The number of carbonyl (C=O) groups is 1. The van der Waals surface area contributed by atoms with Crippen LogP contribution in [0.5, 0.6) is 0 Å². The lowest BCUT2D eigenvalue weighted by Gasteiger charge is -2.10. The molecule has 0 spiro atoms. The first kappa shape index (κ1) is 17.5. The zero-order valence-corrected chi connectivity index (χ0v) is 13.4. The van der Waals surface area contributed by atoms with Crippen molar-refractivity contribution in [3.63, 3.8) is 0 Å². The number of benzene rings is 2. The first-order chi connectivity index (χ1) is 12.4. The molecular weight excluding hydrogens is 343 g/mol. The molecule has 0 unspecified atom stereocenters. The summed E-state index contributed by atoms with van der Waals surface area (Å²) in [5.41, 5.74) is 0.893. The van der Waals surface area contributed by atoms with Crippen molar-refractivity contribution in [2.24, 2.45) is 0 Å². The Labute approximate surface area is 147 Å². The maximum absolute atomic E-state index is 12.6. The van der Waals surface area contributed by atoms with Crippen molar-refractivity contribution in [2.75, 3.05) is 10.6 Å². The van der Waals surface area contributed by atoms with Crippen molar-refractivity contribution in [1.29, 1.82) is 0 Å². The van der Waals surface area contributed by atoms with Crippen molar-refractivity contribution in [3.8, 4) is 0 Å². The summed E-state index contributed by atoms with van der Waals surface area (Å²) in [6.07, 6.45) is -2.88. The van der Waals surface area contributed by atoms with E-state index < -0.39 is 11.7 Å². The molecule has 1 amide bonds. The number of nitrogens with zero attached hydrogens (tertiary/aromatic N) is 1. The van der Waals surface area contributed by atoms with Gasteiger partial charge in [0.05, 0.1) is 17.4 Å². The van der Waals surface area contributed by atoms with E-state index in [1.807, 2.05) is 6.07 Å². The Balaban J connectivity index is 1.63. The Morgan fingerprint density at radius 1 is 0.846 bits per heavy atom. The standard InChI is InChI=1S/C19H14F3N3O/c20-19(21,22)14-6-8-15(9-7-14)24-16-10-11-17(23-12-16)25-18(26)13-4-2-1-3-5-13/h1-12,24H,(H,23,25,26). The Morgan fingerprint density at radius 3 is 2.08 bits per heavy atom. The number of nitrogens with one attached hydrogen (secondary N) is 2. The third kappa shape index (κ3) is 4.38. The summed E-state index contributed by atoms with van der Waals surface area (Å²) in [7, 11) is 0. The summed E-state index contributed by atoms with van der Waals surface area (Å²) < 4.78 is 37.7. The molecule has 3 rings (SSSR count). The fraction of sp³-hybridized carbons (Fsp3) is 0.0526. The Kier molecular flexibility index (Phi) is 4.88. The predicted molar refractivity (Wildman–Crippen MR) is 93.4 cm³/mol. The number of rotatable bonds is 4. The first-order valence-corrected chi connectivity index (χ1v) is 7.68.